The van der Waals surface area contributed by atoms with E-state index in [-0.39, 0.29) is 70.5 Å². The van der Waals surface area contributed by atoms with E-state index in [0.717, 1.165) is 44.4 Å². The molecule has 0 aliphatic rings. The van der Waals surface area contributed by atoms with E-state index in [4.69, 9.17) is 22.5 Å². The monoisotopic (exact) mass is 714 g/mol. The van der Waals surface area contributed by atoms with E-state index < -0.39 is 18.1 Å². The van der Waals surface area contributed by atoms with Crippen molar-refractivity contribution in [1.29, 1.82) is 0 Å². The summed E-state index contributed by atoms with van der Waals surface area (Å²) in [5, 5.41) is 3.17. The zero-order valence-corrected chi connectivity index (χ0v) is 29.0. The van der Waals surface area contributed by atoms with Crippen molar-refractivity contribution < 1.29 is 23.9 Å². The minimum absolute atomic E-state index is 0.0222. The second kappa shape index (κ2) is 12.6. The highest BCUT2D eigenvalue weighted by Crippen LogP contribution is 2.42. The highest BCUT2D eigenvalue weighted by atomic mass is 16.3. The number of hydrogen-bond donors (Lipinski definition) is 0. The summed E-state index contributed by atoms with van der Waals surface area (Å²) in [6.45, 7) is 0. The number of nitrogens with zero attached hydrogens (tertiary/aromatic N) is 1. The molecule has 3 heteroatoms. The fraction of sp³-hybridized carbons (Fsp3) is 0. The fourth-order valence-electron chi connectivity index (χ4n) is 7.48. The Morgan fingerprint density at radius 3 is 1.95 bits per heavy atom. The summed E-state index contributed by atoms with van der Waals surface area (Å²) in [4.78, 5) is 2.04. The molecule has 0 bridgehead atoms. The van der Waals surface area contributed by atoms with Crippen LogP contribution < -0.4 is 4.90 Å². The highest BCUT2D eigenvalue weighted by molar-refractivity contribution is 6.19. The van der Waals surface area contributed by atoms with Crippen molar-refractivity contribution >= 4 is 71.7 Å². The molecule has 0 amide bonds. The maximum Gasteiger partial charge on any atom is 0.143 e. The van der Waals surface area contributed by atoms with Gasteiger partial charge in [-0.2, -0.15) is 0 Å². The lowest BCUT2D eigenvalue weighted by atomic mass is 9.97. The number of rotatable bonds is 6. The standard InChI is InChI=1S/C52H33NO2/c1-2-10-34(11-3-1)35-22-27-40(28-23-35)53(42-13-8-12-39(32-42)43-16-9-17-45-44-14-4-6-18-48(44)55-52(43)45)41-29-24-36(25-30-41)38-21-20-37-26-31-50-51(47(37)33-38)46-15-5-7-19-49(46)54-50/h1-33H/i1D,2D,3D,5D,7D,10D,11D,15D,26D,31D,33D. The Bertz CT molecular complexity index is 3810. The Morgan fingerprint density at radius 1 is 0.400 bits per heavy atom. The SMILES string of the molecule is [2H]c1cc2oc3c([2H])c([2H])c4ccc(-c5ccc(N(c6ccc(-c7c([2H])c([2H])c([2H])c([2H])c7[2H])cc6)c6cccc(-c7cccc8c7oc7ccccc78)c6)cc5)c([2H])c4c3c2c([2H])c1[2H]. The molecular formula is C52H33NO2. The third kappa shape index (κ3) is 5.28. The first-order chi connectivity index (χ1) is 31.8. The normalized spacial score (nSPS) is 14.4. The summed E-state index contributed by atoms with van der Waals surface area (Å²) < 4.78 is 107. The summed E-state index contributed by atoms with van der Waals surface area (Å²) in [5.74, 6) is 0. The summed E-state index contributed by atoms with van der Waals surface area (Å²) in [5.41, 5.74) is 7.51. The lowest BCUT2D eigenvalue weighted by Crippen LogP contribution is -2.10. The van der Waals surface area contributed by atoms with Crippen molar-refractivity contribution in [2.24, 2.45) is 0 Å². The Labute approximate surface area is 333 Å². The molecule has 258 valence electrons. The van der Waals surface area contributed by atoms with Crippen LogP contribution in [0.4, 0.5) is 17.1 Å². The van der Waals surface area contributed by atoms with Crippen molar-refractivity contribution in [2.45, 2.75) is 0 Å². The van der Waals surface area contributed by atoms with Gasteiger partial charge >= 0.3 is 0 Å². The van der Waals surface area contributed by atoms with Gasteiger partial charge in [0.15, 0.2) is 0 Å². The maximum atomic E-state index is 9.56. The first kappa shape index (κ1) is 22.0. The number of benzene rings is 9. The molecular weight excluding hydrogens is 671 g/mol. The minimum atomic E-state index is -0.459. The predicted octanol–water partition coefficient (Wildman–Crippen LogP) is 15.1. The van der Waals surface area contributed by atoms with Crippen molar-refractivity contribution in [3.8, 4) is 33.4 Å². The number of hydrogen-bond acceptors (Lipinski definition) is 3. The largest absolute Gasteiger partial charge is 0.456 e. The van der Waals surface area contributed by atoms with Crippen molar-refractivity contribution in [1.82, 2.24) is 0 Å². The van der Waals surface area contributed by atoms with Gasteiger partial charge in [-0.15, -0.1) is 0 Å². The molecule has 0 radical (unpaired) electrons. The minimum Gasteiger partial charge on any atom is -0.456 e. The molecule has 11 rings (SSSR count). The average molecular weight is 715 g/mol. The molecule has 11 aromatic rings. The Morgan fingerprint density at radius 2 is 1.11 bits per heavy atom. The number of para-hydroxylation sites is 3. The molecule has 0 spiro atoms. The van der Waals surface area contributed by atoms with Gasteiger partial charge in [0.05, 0.1) is 15.1 Å². The lowest BCUT2D eigenvalue weighted by molar-refractivity contribution is 0.669. The van der Waals surface area contributed by atoms with Gasteiger partial charge in [-0.05, 0) is 99.2 Å². The molecule has 0 unspecified atom stereocenters. The third-order valence-corrected chi connectivity index (χ3v) is 10.1. The van der Waals surface area contributed by atoms with Crippen LogP contribution in [0.1, 0.15) is 15.1 Å². The van der Waals surface area contributed by atoms with Crippen LogP contribution in [-0.2, 0) is 0 Å². The van der Waals surface area contributed by atoms with E-state index in [9.17, 15) is 1.37 Å². The molecule has 2 heterocycles. The topological polar surface area (TPSA) is 29.5 Å². The molecule has 0 aliphatic carbocycles. The van der Waals surface area contributed by atoms with E-state index in [0.29, 0.717) is 38.5 Å². The fourth-order valence-corrected chi connectivity index (χ4v) is 7.48. The van der Waals surface area contributed by atoms with Crippen LogP contribution in [0, 0.1) is 0 Å². The van der Waals surface area contributed by atoms with E-state index in [1.807, 2.05) is 102 Å². The number of furan rings is 2. The molecule has 2 aromatic heterocycles. The summed E-state index contributed by atoms with van der Waals surface area (Å²) >= 11 is 0. The second-order valence-corrected chi connectivity index (χ2v) is 13.3. The van der Waals surface area contributed by atoms with Gasteiger partial charge in [-0.3, -0.25) is 0 Å². The van der Waals surface area contributed by atoms with Crippen LogP contribution in [-0.4, -0.2) is 0 Å². The van der Waals surface area contributed by atoms with E-state index in [1.165, 1.54) is 6.07 Å². The van der Waals surface area contributed by atoms with Crippen LogP contribution >= 0.6 is 0 Å². The quantitative estimate of drug-likeness (QED) is 0.172. The first-order valence-electron chi connectivity index (χ1n) is 23.3. The first-order valence-corrected chi connectivity index (χ1v) is 17.8. The zero-order valence-electron chi connectivity index (χ0n) is 40.0. The van der Waals surface area contributed by atoms with Gasteiger partial charge in [-0.25, -0.2) is 0 Å². The molecule has 9 aromatic carbocycles. The summed E-state index contributed by atoms with van der Waals surface area (Å²) in [6, 6.07) is 38.7. The zero-order chi connectivity index (χ0) is 45.9. The number of anilines is 3. The Kier molecular flexibility index (Phi) is 5.06. The van der Waals surface area contributed by atoms with Gasteiger partial charge in [0.2, 0.25) is 0 Å². The molecule has 0 atom stereocenters. The van der Waals surface area contributed by atoms with Crippen LogP contribution in [0.25, 0.3) is 88.0 Å². The Balaban J connectivity index is 1.06. The smallest absolute Gasteiger partial charge is 0.143 e. The van der Waals surface area contributed by atoms with Gasteiger partial charge < -0.3 is 13.7 Å². The third-order valence-electron chi connectivity index (χ3n) is 10.1. The maximum absolute atomic E-state index is 9.56. The number of fused-ring (bicyclic) bond motifs is 8. The predicted molar refractivity (Wildman–Crippen MR) is 229 cm³/mol. The van der Waals surface area contributed by atoms with Crippen LogP contribution in [0.15, 0.2) is 209 Å². The highest BCUT2D eigenvalue weighted by Gasteiger charge is 2.17. The molecule has 0 fully saturated rings. The van der Waals surface area contributed by atoms with E-state index in [2.05, 4.69) is 6.07 Å². The van der Waals surface area contributed by atoms with Crippen molar-refractivity contribution in [3.63, 3.8) is 0 Å². The molecule has 3 nitrogen and oxygen atoms in total. The van der Waals surface area contributed by atoms with E-state index >= 15 is 0 Å². The lowest BCUT2D eigenvalue weighted by Gasteiger charge is -2.26. The van der Waals surface area contributed by atoms with Gasteiger partial charge in [0.25, 0.3) is 0 Å². The molecule has 0 aliphatic heterocycles. The molecule has 0 saturated heterocycles. The van der Waals surface area contributed by atoms with Gasteiger partial charge in [0.1, 0.15) is 22.3 Å². The van der Waals surface area contributed by atoms with Crippen LogP contribution in [0.2, 0.25) is 0 Å². The van der Waals surface area contributed by atoms with E-state index in [1.54, 1.807) is 24.3 Å². The van der Waals surface area contributed by atoms with Gasteiger partial charge in [-0.1, -0.05) is 139 Å². The second-order valence-electron chi connectivity index (χ2n) is 13.3. The summed E-state index contributed by atoms with van der Waals surface area (Å²) in [7, 11) is 0. The summed E-state index contributed by atoms with van der Waals surface area (Å²) in [6.07, 6.45) is 0. The van der Waals surface area contributed by atoms with Crippen molar-refractivity contribution in [3.05, 3.63) is 200 Å². The molecule has 0 N–H and O–H groups in total. The average Bonchev–Trinajstić information content (AvgIpc) is 3.91. The molecule has 55 heavy (non-hydrogen) atoms. The van der Waals surface area contributed by atoms with Crippen molar-refractivity contribution in [2.75, 3.05) is 4.90 Å². The van der Waals surface area contributed by atoms with Crippen LogP contribution in [0.3, 0.4) is 0 Å². The van der Waals surface area contributed by atoms with Gasteiger partial charge in [0, 0.05) is 44.2 Å². The Hall–Kier alpha value is -7.36. The molecule has 0 saturated carbocycles. The van der Waals surface area contributed by atoms with Crippen LogP contribution in [0.5, 0.6) is 0 Å².